The largest absolute Gasteiger partial charge is 0.426 e. The van der Waals surface area contributed by atoms with E-state index in [0.717, 1.165) is 61.1 Å². The Morgan fingerprint density at radius 2 is 1.28 bits per heavy atom. The highest BCUT2D eigenvalue weighted by molar-refractivity contribution is 5.75. The Labute approximate surface area is 219 Å². The van der Waals surface area contributed by atoms with Crippen LogP contribution < -0.4 is 4.74 Å². The third-order valence-corrected chi connectivity index (χ3v) is 7.09. The molecule has 0 N–H and O–H groups in total. The third kappa shape index (κ3) is 9.95. The van der Waals surface area contributed by atoms with Gasteiger partial charge in [-0.25, -0.2) is 0 Å². The molecule has 0 saturated heterocycles. The second-order valence-electron chi connectivity index (χ2n) is 10.1. The minimum Gasteiger partial charge on any atom is -0.426 e. The number of rotatable bonds is 10. The SMILES string of the molecule is CCCCC#Cc1ccc(C#Cc2ccc(OC(=O)[C@H]3CC[C@H](CCCCCCC)CC3)cc2)cc1. The molecule has 2 heteroatoms. The first-order valence-electron chi connectivity index (χ1n) is 14.1. The lowest BCUT2D eigenvalue weighted by Crippen LogP contribution is -2.25. The summed E-state index contributed by atoms with van der Waals surface area (Å²) < 4.78 is 5.69. The smallest absolute Gasteiger partial charge is 0.314 e. The molecule has 0 heterocycles. The molecule has 1 aliphatic rings. The summed E-state index contributed by atoms with van der Waals surface area (Å²) in [5.74, 6) is 14.2. The molecule has 190 valence electrons. The fourth-order valence-corrected chi connectivity index (χ4v) is 4.74. The second kappa shape index (κ2) is 15.9. The molecule has 0 amide bonds. The van der Waals surface area contributed by atoms with Crippen LogP contribution >= 0.6 is 0 Å². The highest BCUT2D eigenvalue weighted by atomic mass is 16.5. The van der Waals surface area contributed by atoms with Gasteiger partial charge in [0.2, 0.25) is 0 Å². The van der Waals surface area contributed by atoms with Crippen molar-refractivity contribution in [3.8, 4) is 29.4 Å². The van der Waals surface area contributed by atoms with E-state index in [9.17, 15) is 4.79 Å². The Kier molecular flexibility index (Phi) is 12.2. The van der Waals surface area contributed by atoms with Gasteiger partial charge >= 0.3 is 5.97 Å². The highest BCUT2D eigenvalue weighted by Gasteiger charge is 2.27. The number of carbonyl (C=O) groups is 1. The minimum atomic E-state index is -0.0758. The quantitative estimate of drug-likeness (QED) is 0.146. The Bertz CT molecular complexity index is 1030. The van der Waals surface area contributed by atoms with Gasteiger partial charge in [-0.15, -0.1) is 0 Å². The van der Waals surface area contributed by atoms with Gasteiger partial charge in [0, 0.05) is 23.1 Å². The van der Waals surface area contributed by atoms with E-state index in [2.05, 4.69) is 37.5 Å². The fraction of sp³-hybridized carbons (Fsp3) is 0.500. The second-order valence-corrected chi connectivity index (χ2v) is 10.1. The molecule has 2 aromatic carbocycles. The Morgan fingerprint density at radius 3 is 1.89 bits per heavy atom. The van der Waals surface area contributed by atoms with Crippen LogP contribution in [-0.2, 0) is 4.79 Å². The number of hydrogen-bond acceptors (Lipinski definition) is 2. The van der Waals surface area contributed by atoms with Crippen LogP contribution in [-0.4, -0.2) is 5.97 Å². The summed E-state index contributed by atoms with van der Waals surface area (Å²) in [7, 11) is 0. The fourth-order valence-electron chi connectivity index (χ4n) is 4.74. The van der Waals surface area contributed by atoms with Crippen molar-refractivity contribution in [2.75, 3.05) is 0 Å². The summed E-state index contributed by atoms with van der Waals surface area (Å²) in [6.07, 6.45) is 15.6. The maximum absolute atomic E-state index is 12.7. The van der Waals surface area contributed by atoms with Gasteiger partial charge in [-0.1, -0.05) is 82.5 Å². The molecule has 0 atom stereocenters. The molecule has 2 aromatic rings. The first kappa shape index (κ1) is 27.6. The van der Waals surface area contributed by atoms with Gasteiger partial charge in [0.05, 0.1) is 5.92 Å². The van der Waals surface area contributed by atoms with E-state index >= 15 is 0 Å². The number of carbonyl (C=O) groups excluding carboxylic acids is 1. The van der Waals surface area contributed by atoms with Crippen LogP contribution in [0.5, 0.6) is 5.75 Å². The molecular formula is C34H42O2. The van der Waals surface area contributed by atoms with E-state index in [1.54, 1.807) is 0 Å². The van der Waals surface area contributed by atoms with E-state index in [-0.39, 0.29) is 11.9 Å². The van der Waals surface area contributed by atoms with Crippen molar-refractivity contribution in [3.05, 3.63) is 65.2 Å². The molecule has 0 spiro atoms. The summed E-state index contributed by atoms with van der Waals surface area (Å²) in [6.45, 7) is 4.44. The van der Waals surface area contributed by atoms with E-state index < -0.39 is 0 Å². The van der Waals surface area contributed by atoms with Gasteiger partial charge in [0.25, 0.3) is 0 Å². The molecule has 0 aliphatic heterocycles. The molecule has 3 rings (SSSR count). The molecule has 1 fully saturated rings. The van der Waals surface area contributed by atoms with Crippen LogP contribution in [0, 0.1) is 35.5 Å². The van der Waals surface area contributed by atoms with Crippen molar-refractivity contribution >= 4 is 5.97 Å². The van der Waals surface area contributed by atoms with Crippen LogP contribution in [0.3, 0.4) is 0 Å². The molecule has 0 bridgehead atoms. The maximum atomic E-state index is 12.7. The predicted molar refractivity (Wildman–Crippen MR) is 150 cm³/mol. The molecule has 0 radical (unpaired) electrons. The number of benzene rings is 2. The van der Waals surface area contributed by atoms with Crippen molar-refractivity contribution in [1.29, 1.82) is 0 Å². The lowest BCUT2D eigenvalue weighted by atomic mass is 9.80. The number of unbranched alkanes of at least 4 members (excludes halogenated alkanes) is 6. The van der Waals surface area contributed by atoms with Crippen LogP contribution in [0.15, 0.2) is 48.5 Å². The summed E-state index contributed by atoms with van der Waals surface area (Å²) in [5, 5.41) is 0. The molecular weight excluding hydrogens is 440 g/mol. The maximum Gasteiger partial charge on any atom is 0.314 e. The number of ether oxygens (including phenoxy) is 1. The van der Waals surface area contributed by atoms with Gasteiger partial charge in [-0.3, -0.25) is 4.79 Å². The zero-order valence-corrected chi connectivity index (χ0v) is 22.3. The third-order valence-electron chi connectivity index (χ3n) is 7.09. The average molecular weight is 483 g/mol. The summed E-state index contributed by atoms with van der Waals surface area (Å²) in [4.78, 5) is 12.7. The standard InChI is InChI=1S/C34H42O2/c1-3-5-7-9-11-13-29-20-24-32(25-21-29)34(35)36-33-26-22-31(23-27-33)19-18-30-16-14-28(15-17-30)12-10-8-6-4-2/h14-17,22-23,26-27,29,32H,3-9,11,13,20-21,24-25H2,1-2H3/t29-,32-. The minimum absolute atomic E-state index is 0.0418. The first-order valence-corrected chi connectivity index (χ1v) is 14.1. The van der Waals surface area contributed by atoms with Gasteiger partial charge in [0.15, 0.2) is 0 Å². The van der Waals surface area contributed by atoms with Crippen molar-refractivity contribution in [3.63, 3.8) is 0 Å². The number of esters is 1. The average Bonchev–Trinajstić information content (AvgIpc) is 2.91. The summed E-state index contributed by atoms with van der Waals surface area (Å²) in [6, 6.07) is 15.6. The molecule has 1 saturated carbocycles. The van der Waals surface area contributed by atoms with Crippen molar-refractivity contribution in [1.82, 2.24) is 0 Å². The molecule has 1 aliphatic carbocycles. The zero-order chi connectivity index (χ0) is 25.4. The van der Waals surface area contributed by atoms with Crippen LogP contribution in [0.1, 0.15) is 114 Å². The van der Waals surface area contributed by atoms with Crippen LogP contribution in [0.2, 0.25) is 0 Å². The van der Waals surface area contributed by atoms with E-state index in [1.807, 2.05) is 48.5 Å². The predicted octanol–water partition coefficient (Wildman–Crippen LogP) is 8.70. The van der Waals surface area contributed by atoms with E-state index in [0.29, 0.717) is 5.75 Å². The van der Waals surface area contributed by atoms with E-state index in [4.69, 9.17) is 4.74 Å². The van der Waals surface area contributed by atoms with Crippen LogP contribution in [0.4, 0.5) is 0 Å². The first-order chi connectivity index (χ1) is 17.7. The van der Waals surface area contributed by atoms with Gasteiger partial charge in [0.1, 0.15) is 5.75 Å². The molecule has 2 nitrogen and oxygen atoms in total. The van der Waals surface area contributed by atoms with Crippen molar-refractivity contribution in [2.24, 2.45) is 11.8 Å². The summed E-state index contributed by atoms with van der Waals surface area (Å²) >= 11 is 0. The summed E-state index contributed by atoms with van der Waals surface area (Å²) in [5.41, 5.74) is 2.89. The van der Waals surface area contributed by atoms with Crippen LogP contribution in [0.25, 0.3) is 0 Å². The van der Waals surface area contributed by atoms with E-state index in [1.165, 1.54) is 44.9 Å². The monoisotopic (exact) mass is 482 g/mol. The van der Waals surface area contributed by atoms with Gasteiger partial charge in [-0.2, -0.15) is 0 Å². The van der Waals surface area contributed by atoms with Crippen molar-refractivity contribution in [2.45, 2.75) is 97.3 Å². The molecule has 0 aromatic heterocycles. The zero-order valence-electron chi connectivity index (χ0n) is 22.3. The molecule has 0 unspecified atom stereocenters. The van der Waals surface area contributed by atoms with Gasteiger partial charge < -0.3 is 4.74 Å². The lowest BCUT2D eigenvalue weighted by Gasteiger charge is -2.27. The molecule has 36 heavy (non-hydrogen) atoms. The van der Waals surface area contributed by atoms with Gasteiger partial charge in [-0.05, 0) is 86.6 Å². The topological polar surface area (TPSA) is 26.3 Å². The van der Waals surface area contributed by atoms with Crippen molar-refractivity contribution < 1.29 is 9.53 Å². The normalized spacial score (nSPS) is 16.8. The Morgan fingerprint density at radius 1 is 0.722 bits per heavy atom. The highest BCUT2D eigenvalue weighted by Crippen LogP contribution is 2.33. The lowest BCUT2D eigenvalue weighted by molar-refractivity contribution is -0.140. The Hall–Kier alpha value is -2.97. The Balaban J connectivity index is 1.41. The number of hydrogen-bond donors (Lipinski definition) is 0.